The van der Waals surface area contributed by atoms with Crippen LogP contribution >= 0.6 is 19.6 Å². The van der Waals surface area contributed by atoms with E-state index in [1.54, 1.807) is 38.1 Å². The first-order valence-electron chi connectivity index (χ1n) is 22.4. The number of aliphatic carboxylic acids is 1. The number of carbonyl (C=O) groups is 8. The summed E-state index contributed by atoms with van der Waals surface area (Å²) in [5, 5.41) is 67.1. The molecule has 10 atom stereocenters. The number of phosphoric acid groups is 1. The van der Waals surface area contributed by atoms with Crippen molar-refractivity contribution in [3.63, 3.8) is 0 Å². The molecular formula is C44H64N9O17PS. The van der Waals surface area contributed by atoms with Gasteiger partial charge in [-0.3, -0.25) is 38.1 Å². The lowest BCUT2D eigenvalue weighted by atomic mass is 10.0. The molecule has 7 amide bonds. The second kappa shape index (κ2) is 28.9. The third-order valence-electron chi connectivity index (χ3n) is 10.6. The number of aromatic amines is 1. The summed E-state index contributed by atoms with van der Waals surface area (Å²) in [6.07, 6.45) is -1.59. The van der Waals surface area contributed by atoms with Crippen LogP contribution in [0.3, 0.4) is 0 Å². The fourth-order valence-electron chi connectivity index (χ4n) is 6.72. The Hall–Kier alpha value is -6.00. The van der Waals surface area contributed by atoms with Gasteiger partial charge in [0.05, 0.1) is 32.0 Å². The largest absolute Gasteiger partial charge is 0.480 e. The number of rotatable bonds is 30. The number of aromatic nitrogens is 1. The number of nitrogens with one attached hydrogen (secondary N) is 8. The molecule has 0 bridgehead atoms. The molecule has 0 aliphatic heterocycles. The number of para-hydroxylation sites is 1. The fourth-order valence-corrected chi connectivity index (χ4v) is 8.08. The van der Waals surface area contributed by atoms with Gasteiger partial charge >= 0.3 is 13.8 Å². The van der Waals surface area contributed by atoms with E-state index in [-0.39, 0.29) is 24.5 Å². The van der Waals surface area contributed by atoms with Crippen molar-refractivity contribution < 1.29 is 82.8 Å². The predicted molar refractivity (Wildman–Crippen MR) is 259 cm³/mol. The summed E-state index contributed by atoms with van der Waals surface area (Å²) in [4.78, 5) is 128. The molecule has 0 saturated carbocycles. The molecule has 0 unspecified atom stereocenters. The first-order chi connectivity index (χ1) is 33.8. The Balaban J connectivity index is 1.91. The third kappa shape index (κ3) is 19.5. The van der Waals surface area contributed by atoms with Crippen molar-refractivity contribution in [3.05, 3.63) is 71.9 Å². The Bertz CT molecular complexity index is 2370. The molecule has 1 aromatic heterocycles. The van der Waals surface area contributed by atoms with Gasteiger partial charge in [0.2, 0.25) is 41.4 Å². The van der Waals surface area contributed by atoms with E-state index in [1.807, 2.05) is 41.0 Å². The zero-order valence-electron chi connectivity index (χ0n) is 39.7. The molecule has 2 aromatic carbocycles. The topological polar surface area (TPSA) is 430 Å². The Morgan fingerprint density at radius 1 is 0.653 bits per heavy atom. The molecule has 3 aromatic rings. The number of fused-ring (bicyclic) bond motifs is 1. The van der Waals surface area contributed by atoms with Crippen molar-refractivity contribution in [1.82, 2.24) is 42.2 Å². The zero-order chi connectivity index (χ0) is 53.9. The standard InChI is InChI=1S/C44H64N9O17PS/c1-22(2)14-29(47-42(63)35(45)23(3)56)37(58)52-34(21-72-20-25-10-6-5-7-11-25)41(62)53-36(24(4)57)43(64)48-30(15-26-16-46-28-13-9-8-12-27(26)28)38(59)49-31(17-54)39(60)50-32(18-55)40(61)51-33(44(65)66)19-70-71(67,68)69/h5-13,16,22-24,29-36,46,54-57H,14-15,17-21,45H2,1-4H3,(H,47,63)(H,48,64)(H,49,59)(H,50,60)(H,51,61)(H,52,58)(H,53,62)(H,65,66)(H2,67,68,69)/t23-,24-,29+,30+,31+,32+,33+,34+,35+,36+/m1/s1. The number of H-pyrrole nitrogens is 1. The van der Waals surface area contributed by atoms with E-state index in [2.05, 4.69) is 36.1 Å². The normalized spacial score (nSPS) is 15.8. The van der Waals surface area contributed by atoms with Gasteiger partial charge in [-0.05, 0) is 43.4 Å². The second-order valence-corrected chi connectivity index (χ2v) is 19.3. The lowest BCUT2D eigenvalue weighted by Gasteiger charge is -2.28. The number of carboxylic acid groups (broad SMARTS) is 1. The van der Waals surface area contributed by atoms with Crippen LogP contribution in [0.1, 0.15) is 45.2 Å². The van der Waals surface area contributed by atoms with E-state index in [0.29, 0.717) is 22.2 Å². The van der Waals surface area contributed by atoms with E-state index in [1.165, 1.54) is 31.8 Å². The van der Waals surface area contributed by atoms with Gasteiger partial charge in [0, 0.05) is 35.0 Å². The summed E-state index contributed by atoms with van der Waals surface area (Å²) in [6.45, 7) is 2.50. The number of hydrogen-bond donors (Lipinski definition) is 16. The molecule has 0 spiro atoms. The predicted octanol–water partition coefficient (Wildman–Crippen LogP) is -3.65. The van der Waals surface area contributed by atoms with Gasteiger partial charge in [-0.2, -0.15) is 11.8 Å². The van der Waals surface area contributed by atoms with Gasteiger partial charge in [0.1, 0.15) is 42.3 Å². The first kappa shape index (κ1) is 60.3. The number of aliphatic hydroxyl groups is 4. The number of aliphatic hydroxyl groups excluding tert-OH is 4. The summed E-state index contributed by atoms with van der Waals surface area (Å²) < 4.78 is 15.2. The highest BCUT2D eigenvalue weighted by molar-refractivity contribution is 7.98. The number of amides is 7. The molecule has 1 heterocycles. The van der Waals surface area contributed by atoms with Crippen LogP contribution in [0.5, 0.6) is 0 Å². The molecule has 0 saturated heterocycles. The monoisotopic (exact) mass is 1050 g/mol. The van der Waals surface area contributed by atoms with Gasteiger partial charge in [0.15, 0.2) is 6.04 Å². The smallest absolute Gasteiger partial charge is 0.469 e. The Morgan fingerprint density at radius 3 is 1.69 bits per heavy atom. The molecule has 0 radical (unpaired) electrons. The van der Waals surface area contributed by atoms with Crippen molar-refractivity contribution in [2.75, 3.05) is 25.6 Å². The summed E-state index contributed by atoms with van der Waals surface area (Å²) in [5.41, 5.74) is 7.78. The van der Waals surface area contributed by atoms with E-state index >= 15 is 0 Å². The molecule has 0 aliphatic rings. The quantitative estimate of drug-likeness (QED) is 0.0286. The average molecular weight is 1050 g/mol. The molecule has 3 rings (SSSR count). The maximum atomic E-state index is 14.2. The summed E-state index contributed by atoms with van der Waals surface area (Å²) in [7, 11) is -5.18. The molecular weight excluding hydrogens is 990 g/mol. The minimum absolute atomic E-state index is 0.0870. The Labute approximate surface area is 417 Å². The van der Waals surface area contributed by atoms with Crippen molar-refractivity contribution in [2.45, 2.75) is 107 Å². The number of carboxylic acids is 1. The highest BCUT2D eigenvalue weighted by Crippen LogP contribution is 2.35. The molecule has 26 nitrogen and oxygen atoms in total. The molecule has 0 fully saturated rings. The van der Waals surface area contributed by atoms with Crippen LogP contribution in [0.2, 0.25) is 0 Å². The summed E-state index contributed by atoms with van der Waals surface area (Å²) >= 11 is 1.24. The van der Waals surface area contributed by atoms with Gasteiger partial charge < -0.3 is 83.3 Å². The van der Waals surface area contributed by atoms with E-state index in [0.717, 1.165) is 5.56 Å². The molecule has 17 N–H and O–H groups in total. The highest BCUT2D eigenvalue weighted by Gasteiger charge is 2.36. The zero-order valence-corrected chi connectivity index (χ0v) is 41.4. The van der Waals surface area contributed by atoms with Crippen LogP contribution < -0.4 is 43.0 Å². The molecule has 72 heavy (non-hydrogen) atoms. The molecule has 28 heteroatoms. The van der Waals surface area contributed by atoms with Gasteiger partial charge in [-0.15, -0.1) is 0 Å². The van der Waals surface area contributed by atoms with Crippen LogP contribution in [0, 0.1) is 5.92 Å². The Kier molecular flexibility index (Phi) is 24.2. The lowest BCUT2D eigenvalue weighted by Crippen LogP contribution is -2.63. The van der Waals surface area contributed by atoms with Crippen LogP contribution in [0.4, 0.5) is 0 Å². The number of thioether (sulfide) groups is 1. The number of nitrogens with two attached hydrogens (primary N) is 1. The van der Waals surface area contributed by atoms with Crippen molar-refractivity contribution >= 4 is 77.8 Å². The van der Waals surface area contributed by atoms with E-state index in [9.17, 15) is 68.5 Å². The Morgan fingerprint density at radius 2 is 1.15 bits per heavy atom. The van der Waals surface area contributed by atoms with Crippen LogP contribution in [0.15, 0.2) is 60.8 Å². The van der Waals surface area contributed by atoms with Crippen molar-refractivity contribution in [2.24, 2.45) is 11.7 Å². The fraction of sp³-hybridized carbons (Fsp3) is 0.500. The van der Waals surface area contributed by atoms with E-state index < -0.39 is 136 Å². The maximum absolute atomic E-state index is 14.2. The number of phosphoric ester groups is 1. The lowest BCUT2D eigenvalue weighted by molar-refractivity contribution is -0.143. The minimum atomic E-state index is -5.18. The second-order valence-electron chi connectivity index (χ2n) is 17.0. The average Bonchev–Trinajstić information content (AvgIpc) is 3.73. The van der Waals surface area contributed by atoms with E-state index in [4.69, 9.17) is 15.5 Å². The maximum Gasteiger partial charge on any atom is 0.469 e. The van der Waals surface area contributed by atoms with Crippen LogP contribution in [-0.4, -0.2) is 174 Å². The highest BCUT2D eigenvalue weighted by atomic mass is 32.2. The van der Waals surface area contributed by atoms with Gasteiger partial charge in [-0.25, -0.2) is 9.36 Å². The number of benzene rings is 2. The summed E-state index contributed by atoms with van der Waals surface area (Å²) in [6, 6.07) is 2.60. The van der Waals surface area contributed by atoms with Gasteiger partial charge in [0.25, 0.3) is 0 Å². The minimum Gasteiger partial charge on any atom is -0.480 e. The summed E-state index contributed by atoms with van der Waals surface area (Å²) in [5.74, 6) is -9.18. The SMILES string of the molecule is CC(C)C[C@H](NC(=O)[C@@H](N)[C@@H](C)O)C(=O)N[C@@H](CSCc1ccccc1)C(=O)N[C@H](C(=O)N[C@@H](Cc1c[nH]c2ccccc12)C(=O)N[C@@H](CO)C(=O)N[C@@H](CO)C(=O)N[C@@H](COP(=O)(O)O)C(=O)O)[C@@H](C)O. The molecule has 0 aliphatic carbocycles. The van der Waals surface area contributed by atoms with Crippen molar-refractivity contribution in [3.8, 4) is 0 Å². The van der Waals surface area contributed by atoms with Crippen LogP contribution in [0.25, 0.3) is 10.9 Å². The first-order valence-corrected chi connectivity index (χ1v) is 25.1. The molecule has 398 valence electrons. The number of carbonyl (C=O) groups excluding carboxylic acids is 7. The van der Waals surface area contributed by atoms with Crippen LogP contribution in [-0.2, 0) is 59.6 Å². The third-order valence-corrected chi connectivity index (χ3v) is 12.2. The van der Waals surface area contributed by atoms with Crippen molar-refractivity contribution in [1.29, 1.82) is 0 Å². The van der Waals surface area contributed by atoms with Gasteiger partial charge in [-0.1, -0.05) is 62.4 Å². The number of hydrogen-bond acceptors (Lipinski definition) is 16.